The lowest BCUT2D eigenvalue weighted by Gasteiger charge is -2.21. The Morgan fingerprint density at radius 2 is 2.23 bits per heavy atom. The smallest absolute Gasteiger partial charge is 0.261 e. The number of aryl methyl sites for hydroxylation is 1. The molecule has 0 radical (unpaired) electrons. The van der Waals surface area contributed by atoms with Crippen LogP contribution in [-0.4, -0.2) is 34.1 Å². The summed E-state index contributed by atoms with van der Waals surface area (Å²) in [6.07, 6.45) is 1.74. The van der Waals surface area contributed by atoms with Crippen LogP contribution >= 0.6 is 11.6 Å². The van der Waals surface area contributed by atoms with Gasteiger partial charge < -0.3 is 14.2 Å². The number of halogens is 1. The van der Waals surface area contributed by atoms with Crippen molar-refractivity contribution in [1.82, 2.24) is 15.0 Å². The SMILES string of the molecule is Cc1noc([C@@H]2CCCN2C(=O)COc2ccc(Cl)cc2)n1. The predicted octanol–water partition coefficient (Wildman–Crippen LogP) is 2.77. The van der Waals surface area contributed by atoms with Gasteiger partial charge in [0.15, 0.2) is 12.4 Å². The standard InChI is InChI=1S/C15H16ClN3O3/c1-10-17-15(22-18-10)13-3-2-8-19(13)14(20)9-21-12-6-4-11(16)5-7-12/h4-7,13H,2-3,8-9H2,1H3/t13-/m0/s1. The molecule has 1 saturated heterocycles. The lowest BCUT2D eigenvalue weighted by molar-refractivity contribution is -0.134. The average Bonchev–Trinajstić information content (AvgIpc) is 3.14. The van der Waals surface area contributed by atoms with Gasteiger partial charge in [-0.3, -0.25) is 4.79 Å². The molecule has 1 aromatic heterocycles. The first-order chi connectivity index (χ1) is 10.6. The number of rotatable bonds is 4. The van der Waals surface area contributed by atoms with Gasteiger partial charge in [0.1, 0.15) is 11.8 Å². The third-order valence-corrected chi connectivity index (χ3v) is 3.83. The molecule has 0 saturated carbocycles. The Balaban J connectivity index is 1.62. The molecular weight excluding hydrogens is 306 g/mol. The molecule has 0 spiro atoms. The normalized spacial score (nSPS) is 17.7. The lowest BCUT2D eigenvalue weighted by atomic mass is 10.2. The van der Waals surface area contributed by atoms with Crippen LogP contribution in [0.1, 0.15) is 30.6 Å². The van der Waals surface area contributed by atoms with E-state index in [0.717, 1.165) is 12.8 Å². The largest absolute Gasteiger partial charge is 0.484 e. The molecule has 1 amide bonds. The van der Waals surface area contributed by atoms with E-state index in [0.29, 0.717) is 29.0 Å². The predicted molar refractivity (Wildman–Crippen MR) is 79.7 cm³/mol. The van der Waals surface area contributed by atoms with Gasteiger partial charge in [-0.15, -0.1) is 0 Å². The second kappa shape index (κ2) is 6.36. The first-order valence-electron chi connectivity index (χ1n) is 7.11. The van der Waals surface area contributed by atoms with E-state index < -0.39 is 0 Å². The number of ether oxygens (including phenoxy) is 1. The summed E-state index contributed by atoms with van der Waals surface area (Å²) in [4.78, 5) is 18.3. The van der Waals surface area contributed by atoms with Crippen molar-refractivity contribution in [3.63, 3.8) is 0 Å². The molecule has 116 valence electrons. The molecule has 0 aliphatic carbocycles. The minimum Gasteiger partial charge on any atom is -0.484 e. The number of aromatic nitrogens is 2. The second-order valence-corrected chi connectivity index (χ2v) is 5.60. The van der Waals surface area contributed by atoms with Crippen LogP contribution in [0.3, 0.4) is 0 Å². The van der Waals surface area contributed by atoms with E-state index in [2.05, 4.69) is 10.1 Å². The number of benzene rings is 1. The van der Waals surface area contributed by atoms with Crippen LogP contribution in [0.4, 0.5) is 0 Å². The first-order valence-corrected chi connectivity index (χ1v) is 7.49. The molecule has 2 aromatic rings. The lowest BCUT2D eigenvalue weighted by Crippen LogP contribution is -2.34. The monoisotopic (exact) mass is 321 g/mol. The molecular formula is C15H16ClN3O3. The molecule has 1 aromatic carbocycles. The van der Waals surface area contributed by atoms with Crippen molar-refractivity contribution >= 4 is 17.5 Å². The third kappa shape index (κ3) is 3.22. The highest BCUT2D eigenvalue weighted by molar-refractivity contribution is 6.30. The Labute approximate surface area is 133 Å². The highest BCUT2D eigenvalue weighted by atomic mass is 35.5. The fourth-order valence-corrected chi connectivity index (χ4v) is 2.66. The van der Waals surface area contributed by atoms with Crippen molar-refractivity contribution in [2.24, 2.45) is 0 Å². The zero-order valence-corrected chi connectivity index (χ0v) is 12.9. The minimum absolute atomic E-state index is 0.0226. The molecule has 0 bridgehead atoms. The summed E-state index contributed by atoms with van der Waals surface area (Å²) in [6.45, 7) is 2.41. The highest BCUT2D eigenvalue weighted by Crippen LogP contribution is 2.30. The number of amides is 1. The van der Waals surface area contributed by atoms with E-state index in [-0.39, 0.29) is 18.6 Å². The maximum absolute atomic E-state index is 12.4. The van der Waals surface area contributed by atoms with Gasteiger partial charge in [0.2, 0.25) is 5.89 Å². The van der Waals surface area contributed by atoms with Gasteiger partial charge in [-0.05, 0) is 44.0 Å². The van der Waals surface area contributed by atoms with Crippen LogP contribution in [-0.2, 0) is 4.79 Å². The quantitative estimate of drug-likeness (QED) is 0.866. The molecule has 3 rings (SSSR count). The molecule has 0 N–H and O–H groups in total. The third-order valence-electron chi connectivity index (χ3n) is 3.58. The number of hydrogen-bond acceptors (Lipinski definition) is 5. The molecule has 7 heteroatoms. The average molecular weight is 322 g/mol. The molecule has 6 nitrogen and oxygen atoms in total. The van der Waals surface area contributed by atoms with Crippen LogP contribution in [0, 0.1) is 6.92 Å². The Hall–Kier alpha value is -2.08. The van der Waals surface area contributed by atoms with Gasteiger partial charge in [-0.1, -0.05) is 16.8 Å². The zero-order valence-electron chi connectivity index (χ0n) is 12.2. The van der Waals surface area contributed by atoms with E-state index in [1.54, 1.807) is 36.1 Å². The Kier molecular flexibility index (Phi) is 4.29. The van der Waals surface area contributed by atoms with Crippen LogP contribution in [0.5, 0.6) is 5.75 Å². The summed E-state index contributed by atoms with van der Waals surface area (Å²) < 4.78 is 10.7. The van der Waals surface area contributed by atoms with Gasteiger partial charge in [-0.25, -0.2) is 0 Å². The van der Waals surface area contributed by atoms with Crippen LogP contribution in [0.2, 0.25) is 5.02 Å². The summed E-state index contributed by atoms with van der Waals surface area (Å²) in [5.74, 6) is 1.59. The number of nitrogens with zero attached hydrogens (tertiary/aromatic N) is 3. The molecule has 22 heavy (non-hydrogen) atoms. The van der Waals surface area contributed by atoms with E-state index in [4.69, 9.17) is 20.9 Å². The second-order valence-electron chi connectivity index (χ2n) is 5.17. The maximum Gasteiger partial charge on any atom is 0.261 e. The van der Waals surface area contributed by atoms with Gasteiger partial charge >= 0.3 is 0 Å². The molecule has 1 aliphatic heterocycles. The van der Waals surface area contributed by atoms with Gasteiger partial charge in [0, 0.05) is 11.6 Å². The van der Waals surface area contributed by atoms with Gasteiger partial charge in [0.25, 0.3) is 5.91 Å². The van der Waals surface area contributed by atoms with Crippen LogP contribution < -0.4 is 4.74 Å². The van der Waals surface area contributed by atoms with Gasteiger partial charge in [-0.2, -0.15) is 4.98 Å². The van der Waals surface area contributed by atoms with Crippen LogP contribution in [0.15, 0.2) is 28.8 Å². The summed E-state index contributed by atoms with van der Waals surface area (Å²) in [6, 6.07) is 6.77. The van der Waals surface area contributed by atoms with Crippen molar-refractivity contribution in [3.05, 3.63) is 41.0 Å². The molecule has 1 aliphatic rings. The van der Waals surface area contributed by atoms with E-state index in [1.165, 1.54) is 0 Å². The van der Waals surface area contributed by atoms with Gasteiger partial charge in [0.05, 0.1) is 0 Å². The van der Waals surface area contributed by atoms with Crippen molar-refractivity contribution in [1.29, 1.82) is 0 Å². The van der Waals surface area contributed by atoms with Crippen molar-refractivity contribution in [3.8, 4) is 5.75 Å². The molecule has 1 atom stereocenters. The van der Waals surface area contributed by atoms with Crippen LogP contribution in [0.25, 0.3) is 0 Å². The van der Waals surface area contributed by atoms with E-state index in [9.17, 15) is 4.79 Å². The topological polar surface area (TPSA) is 68.5 Å². The van der Waals surface area contributed by atoms with E-state index >= 15 is 0 Å². The minimum atomic E-state index is -0.150. The molecule has 1 fully saturated rings. The number of carbonyl (C=O) groups excluding carboxylic acids is 1. The van der Waals surface area contributed by atoms with E-state index in [1.807, 2.05) is 0 Å². The highest BCUT2D eigenvalue weighted by Gasteiger charge is 2.33. The summed E-state index contributed by atoms with van der Waals surface area (Å²) in [5.41, 5.74) is 0. The zero-order chi connectivity index (χ0) is 15.5. The molecule has 2 heterocycles. The number of hydrogen-bond donors (Lipinski definition) is 0. The summed E-state index contributed by atoms with van der Waals surface area (Å²) in [5, 5.41) is 4.42. The Bertz CT molecular complexity index is 656. The number of carbonyl (C=O) groups is 1. The fourth-order valence-electron chi connectivity index (χ4n) is 2.53. The summed E-state index contributed by atoms with van der Waals surface area (Å²) in [7, 11) is 0. The Morgan fingerprint density at radius 3 is 2.91 bits per heavy atom. The number of likely N-dealkylation sites (tertiary alicyclic amines) is 1. The fraction of sp³-hybridized carbons (Fsp3) is 0.400. The van der Waals surface area contributed by atoms with Crippen molar-refractivity contribution in [2.45, 2.75) is 25.8 Å². The van der Waals surface area contributed by atoms with Crippen molar-refractivity contribution in [2.75, 3.05) is 13.2 Å². The maximum atomic E-state index is 12.4. The summed E-state index contributed by atoms with van der Waals surface area (Å²) >= 11 is 5.81. The molecule has 0 unspecified atom stereocenters. The Morgan fingerprint density at radius 1 is 1.45 bits per heavy atom. The van der Waals surface area contributed by atoms with Crippen molar-refractivity contribution < 1.29 is 14.1 Å². The first kappa shape index (κ1) is 14.8.